The topological polar surface area (TPSA) is 48.0 Å². The van der Waals surface area contributed by atoms with Crippen LogP contribution in [0.15, 0.2) is 48.5 Å². The second-order valence-electron chi connectivity index (χ2n) is 6.76. The Labute approximate surface area is 160 Å². The van der Waals surface area contributed by atoms with Crippen molar-refractivity contribution in [1.82, 2.24) is 4.90 Å². The Morgan fingerprint density at radius 2 is 1.85 bits per heavy atom. The third kappa shape index (κ3) is 4.25. The lowest BCUT2D eigenvalue weighted by Crippen LogP contribution is -2.61. The molecule has 0 bridgehead atoms. The van der Waals surface area contributed by atoms with E-state index in [4.69, 9.17) is 14.2 Å². The molecule has 1 heterocycles. The highest BCUT2D eigenvalue weighted by Gasteiger charge is 2.49. The van der Waals surface area contributed by atoms with Crippen LogP contribution in [0.5, 0.6) is 11.5 Å². The van der Waals surface area contributed by atoms with E-state index in [2.05, 4.69) is 0 Å². The molecule has 0 N–H and O–H groups in total. The maximum Gasteiger partial charge on any atom is 0.266 e. The third-order valence-corrected chi connectivity index (χ3v) is 4.93. The summed E-state index contributed by atoms with van der Waals surface area (Å²) >= 11 is 0. The largest absolute Gasteiger partial charge is 0.497 e. The van der Waals surface area contributed by atoms with Gasteiger partial charge < -0.3 is 19.1 Å². The highest BCUT2D eigenvalue weighted by molar-refractivity contribution is 5.89. The molecule has 1 aliphatic rings. The van der Waals surface area contributed by atoms with Crippen LogP contribution >= 0.6 is 0 Å². The Hall–Kier alpha value is -2.53. The van der Waals surface area contributed by atoms with Gasteiger partial charge in [0.2, 0.25) is 6.10 Å². The van der Waals surface area contributed by atoms with Crippen LogP contribution in [0, 0.1) is 6.92 Å². The fourth-order valence-corrected chi connectivity index (χ4v) is 3.42. The molecule has 5 nitrogen and oxygen atoms in total. The SMILES string of the molecule is COCCCCN1C(=O)C(Oc2ccccc2C)C1c1cccc(OC)c1. The smallest absolute Gasteiger partial charge is 0.266 e. The molecular weight excluding hydrogens is 342 g/mol. The summed E-state index contributed by atoms with van der Waals surface area (Å²) in [5, 5.41) is 0. The molecule has 0 spiro atoms. The molecule has 144 valence electrons. The number of likely N-dealkylation sites (tertiary alicyclic amines) is 1. The number of hydrogen-bond acceptors (Lipinski definition) is 4. The van der Waals surface area contributed by atoms with Crippen LogP contribution < -0.4 is 9.47 Å². The third-order valence-electron chi connectivity index (χ3n) is 4.93. The fourth-order valence-electron chi connectivity index (χ4n) is 3.42. The van der Waals surface area contributed by atoms with Crippen LogP contribution in [0.4, 0.5) is 0 Å². The van der Waals surface area contributed by atoms with Crippen molar-refractivity contribution in [3.63, 3.8) is 0 Å². The van der Waals surface area contributed by atoms with E-state index in [1.807, 2.05) is 60.4 Å². The van der Waals surface area contributed by atoms with E-state index in [9.17, 15) is 4.79 Å². The Kier molecular flexibility index (Phi) is 6.35. The molecule has 0 aromatic heterocycles. The Bertz CT molecular complexity index is 776. The number of amides is 1. The summed E-state index contributed by atoms with van der Waals surface area (Å²) in [7, 11) is 3.34. The predicted octanol–water partition coefficient (Wildman–Crippen LogP) is 3.76. The summed E-state index contributed by atoms with van der Waals surface area (Å²) < 4.78 is 16.6. The van der Waals surface area contributed by atoms with Gasteiger partial charge in [-0.15, -0.1) is 0 Å². The van der Waals surface area contributed by atoms with E-state index in [-0.39, 0.29) is 11.9 Å². The van der Waals surface area contributed by atoms with E-state index < -0.39 is 6.10 Å². The molecule has 0 aliphatic carbocycles. The lowest BCUT2D eigenvalue weighted by Gasteiger charge is -2.47. The van der Waals surface area contributed by atoms with E-state index >= 15 is 0 Å². The number of nitrogens with zero attached hydrogens (tertiary/aromatic N) is 1. The van der Waals surface area contributed by atoms with Crippen molar-refractivity contribution in [2.45, 2.75) is 31.9 Å². The zero-order valence-electron chi connectivity index (χ0n) is 16.2. The molecule has 2 unspecified atom stereocenters. The first-order valence-corrected chi connectivity index (χ1v) is 9.31. The number of aryl methyl sites for hydroxylation is 1. The molecule has 1 amide bonds. The van der Waals surface area contributed by atoms with Crippen LogP contribution in [0.2, 0.25) is 0 Å². The first kappa shape index (κ1) is 19.2. The molecule has 1 saturated heterocycles. The second-order valence-corrected chi connectivity index (χ2v) is 6.76. The minimum absolute atomic E-state index is 0.0310. The average molecular weight is 369 g/mol. The van der Waals surface area contributed by atoms with Gasteiger partial charge in [0.15, 0.2) is 0 Å². The molecule has 2 atom stereocenters. The summed E-state index contributed by atoms with van der Waals surface area (Å²) in [6.45, 7) is 3.38. The van der Waals surface area contributed by atoms with Gasteiger partial charge >= 0.3 is 0 Å². The minimum Gasteiger partial charge on any atom is -0.497 e. The Morgan fingerprint density at radius 3 is 2.59 bits per heavy atom. The molecule has 1 aliphatic heterocycles. The van der Waals surface area contributed by atoms with Gasteiger partial charge in [-0.3, -0.25) is 4.79 Å². The average Bonchev–Trinajstić information content (AvgIpc) is 2.70. The molecule has 0 saturated carbocycles. The van der Waals surface area contributed by atoms with Gasteiger partial charge in [-0.2, -0.15) is 0 Å². The van der Waals surface area contributed by atoms with Gasteiger partial charge in [0.25, 0.3) is 5.91 Å². The van der Waals surface area contributed by atoms with Crippen LogP contribution in [0.3, 0.4) is 0 Å². The Morgan fingerprint density at radius 1 is 1.04 bits per heavy atom. The van der Waals surface area contributed by atoms with E-state index in [1.165, 1.54) is 0 Å². The molecule has 0 radical (unpaired) electrons. The number of rotatable bonds is 9. The number of methoxy groups -OCH3 is 2. The van der Waals surface area contributed by atoms with E-state index in [0.29, 0.717) is 13.2 Å². The minimum atomic E-state index is -0.513. The lowest BCUT2D eigenvalue weighted by atomic mass is 9.90. The highest BCUT2D eigenvalue weighted by atomic mass is 16.5. The number of hydrogen-bond donors (Lipinski definition) is 0. The van der Waals surface area contributed by atoms with Crippen molar-refractivity contribution < 1.29 is 19.0 Å². The zero-order valence-corrected chi connectivity index (χ0v) is 16.2. The first-order valence-electron chi connectivity index (χ1n) is 9.31. The van der Waals surface area contributed by atoms with Crippen molar-refractivity contribution in [3.05, 3.63) is 59.7 Å². The maximum absolute atomic E-state index is 12.8. The van der Waals surface area contributed by atoms with Crippen LogP contribution in [0.1, 0.15) is 30.0 Å². The monoisotopic (exact) mass is 369 g/mol. The standard InChI is InChI=1S/C22H27NO4/c1-16-9-4-5-12-19(16)27-21-20(17-10-8-11-18(15-17)26-3)23(22(21)24)13-6-7-14-25-2/h4-5,8-12,15,20-21H,6-7,13-14H2,1-3H3. The van der Waals surface area contributed by atoms with Gasteiger partial charge in [-0.05, 0) is 49.1 Å². The molecule has 3 rings (SSSR count). The number of carbonyl (C=O) groups excluding carboxylic acids is 1. The number of β-lactam (4-membered cyclic amide) rings is 1. The van der Waals surface area contributed by atoms with E-state index in [1.54, 1.807) is 14.2 Å². The number of ether oxygens (including phenoxy) is 3. The van der Waals surface area contributed by atoms with Crippen LogP contribution in [-0.4, -0.2) is 44.3 Å². The summed E-state index contributed by atoms with van der Waals surface area (Å²) in [5.41, 5.74) is 2.05. The lowest BCUT2D eigenvalue weighted by molar-refractivity contribution is -0.164. The van der Waals surface area contributed by atoms with Crippen molar-refractivity contribution in [1.29, 1.82) is 0 Å². The number of unbranched alkanes of at least 4 members (excludes halogenated alkanes) is 1. The van der Waals surface area contributed by atoms with E-state index in [0.717, 1.165) is 35.5 Å². The second kappa shape index (κ2) is 8.91. The predicted molar refractivity (Wildman–Crippen MR) is 104 cm³/mol. The summed E-state index contributed by atoms with van der Waals surface area (Å²) in [6, 6.07) is 15.5. The summed E-state index contributed by atoms with van der Waals surface area (Å²) in [6.07, 6.45) is 1.31. The highest BCUT2D eigenvalue weighted by Crippen LogP contribution is 2.39. The maximum atomic E-state index is 12.8. The molecule has 27 heavy (non-hydrogen) atoms. The molecule has 2 aromatic carbocycles. The van der Waals surface area contributed by atoms with Gasteiger partial charge in [-0.1, -0.05) is 30.3 Å². The molecular formula is C22H27NO4. The van der Waals surface area contributed by atoms with Crippen LogP contribution in [-0.2, 0) is 9.53 Å². The zero-order chi connectivity index (χ0) is 19.2. The Balaban J connectivity index is 1.80. The van der Waals surface area contributed by atoms with Crippen LogP contribution in [0.25, 0.3) is 0 Å². The number of para-hydroxylation sites is 1. The normalized spacial score (nSPS) is 18.9. The van der Waals surface area contributed by atoms with Crippen molar-refractivity contribution in [2.75, 3.05) is 27.4 Å². The first-order chi connectivity index (χ1) is 13.2. The quantitative estimate of drug-likeness (QED) is 0.499. The number of benzene rings is 2. The molecule has 1 fully saturated rings. The van der Waals surface area contributed by atoms with Gasteiger partial charge in [0.05, 0.1) is 7.11 Å². The molecule has 5 heteroatoms. The molecule has 2 aromatic rings. The van der Waals surface area contributed by atoms with Gasteiger partial charge in [0.1, 0.15) is 17.5 Å². The van der Waals surface area contributed by atoms with Gasteiger partial charge in [0, 0.05) is 20.3 Å². The van der Waals surface area contributed by atoms with Crippen molar-refractivity contribution >= 4 is 5.91 Å². The van der Waals surface area contributed by atoms with Crippen molar-refractivity contribution in [3.8, 4) is 11.5 Å². The summed E-state index contributed by atoms with van der Waals surface area (Å²) in [4.78, 5) is 14.7. The van der Waals surface area contributed by atoms with Gasteiger partial charge in [-0.25, -0.2) is 0 Å². The van der Waals surface area contributed by atoms with Crippen molar-refractivity contribution in [2.24, 2.45) is 0 Å². The number of carbonyl (C=O) groups is 1. The summed E-state index contributed by atoms with van der Waals surface area (Å²) in [5.74, 6) is 1.56. The fraction of sp³-hybridized carbons (Fsp3) is 0.409.